The van der Waals surface area contributed by atoms with Gasteiger partial charge in [-0.15, -0.1) is 0 Å². The zero-order valence-electron chi connectivity index (χ0n) is 10.1. The van der Waals surface area contributed by atoms with Crippen LogP contribution in [-0.4, -0.2) is 12.7 Å². The largest absolute Gasteiger partial charge is 0.454 e. The Bertz CT molecular complexity index is 493. The molecule has 0 radical (unpaired) electrons. The molecular formula is C13H14N2O3. The van der Waals surface area contributed by atoms with Crippen molar-refractivity contribution in [1.82, 2.24) is 5.32 Å². The summed E-state index contributed by atoms with van der Waals surface area (Å²) in [6.07, 6.45) is 0.223. The van der Waals surface area contributed by atoms with Gasteiger partial charge in [0.1, 0.15) is 0 Å². The SMILES string of the molecule is CC(C#N)CC(=O)NCc1ccc2c(c1)OCO2. The minimum absolute atomic E-state index is 0.123. The number of amides is 1. The van der Waals surface area contributed by atoms with Gasteiger partial charge in [0.2, 0.25) is 12.7 Å². The summed E-state index contributed by atoms with van der Waals surface area (Å²) < 4.78 is 10.5. The number of carbonyl (C=O) groups excluding carboxylic acids is 1. The average molecular weight is 246 g/mol. The van der Waals surface area contributed by atoms with E-state index in [0.29, 0.717) is 12.3 Å². The first-order valence-corrected chi connectivity index (χ1v) is 5.74. The van der Waals surface area contributed by atoms with E-state index in [1.165, 1.54) is 0 Å². The molecule has 1 aliphatic rings. The van der Waals surface area contributed by atoms with Gasteiger partial charge in [0, 0.05) is 13.0 Å². The molecule has 1 N–H and O–H groups in total. The Labute approximate surface area is 105 Å². The molecule has 5 heteroatoms. The number of rotatable bonds is 4. The van der Waals surface area contributed by atoms with E-state index in [9.17, 15) is 4.79 Å². The van der Waals surface area contributed by atoms with Gasteiger partial charge in [-0.1, -0.05) is 6.07 Å². The molecule has 1 aromatic rings. The van der Waals surface area contributed by atoms with Crippen molar-refractivity contribution in [3.63, 3.8) is 0 Å². The van der Waals surface area contributed by atoms with E-state index in [1.807, 2.05) is 24.3 Å². The van der Waals surface area contributed by atoms with E-state index in [1.54, 1.807) is 6.92 Å². The summed E-state index contributed by atoms with van der Waals surface area (Å²) in [5.41, 5.74) is 0.942. The molecule has 5 nitrogen and oxygen atoms in total. The highest BCUT2D eigenvalue weighted by atomic mass is 16.7. The highest BCUT2D eigenvalue weighted by molar-refractivity contribution is 5.76. The molecule has 1 aromatic carbocycles. The van der Waals surface area contributed by atoms with Crippen molar-refractivity contribution in [2.24, 2.45) is 5.92 Å². The fourth-order valence-corrected chi connectivity index (χ4v) is 1.65. The van der Waals surface area contributed by atoms with Crippen LogP contribution in [0.3, 0.4) is 0 Å². The molecule has 1 unspecified atom stereocenters. The van der Waals surface area contributed by atoms with Crippen molar-refractivity contribution in [2.45, 2.75) is 19.9 Å². The molecule has 0 aliphatic carbocycles. The van der Waals surface area contributed by atoms with Crippen molar-refractivity contribution in [3.8, 4) is 17.6 Å². The van der Waals surface area contributed by atoms with Gasteiger partial charge in [-0.05, 0) is 24.6 Å². The van der Waals surface area contributed by atoms with Crippen LogP contribution in [0.25, 0.3) is 0 Å². The Morgan fingerprint density at radius 3 is 3.06 bits per heavy atom. The lowest BCUT2D eigenvalue weighted by Gasteiger charge is -2.06. The Hall–Kier alpha value is -2.22. The first-order valence-electron chi connectivity index (χ1n) is 5.74. The first-order chi connectivity index (χ1) is 8.69. The second kappa shape index (κ2) is 5.41. The Balaban J connectivity index is 1.87. The number of benzene rings is 1. The molecule has 1 aliphatic heterocycles. The highest BCUT2D eigenvalue weighted by Crippen LogP contribution is 2.32. The van der Waals surface area contributed by atoms with Crippen molar-refractivity contribution < 1.29 is 14.3 Å². The number of carbonyl (C=O) groups is 1. The van der Waals surface area contributed by atoms with Crippen LogP contribution in [0.1, 0.15) is 18.9 Å². The minimum atomic E-state index is -0.262. The van der Waals surface area contributed by atoms with Gasteiger partial charge < -0.3 is 14.8 Å². The predicted octanol–water partition coefficient (Wildman–Crippen LogP) is 1.58. The Morgan fingerprint density at radius 2 is 2.28 bits per heavy atom. The summed E-state index contributed by atoms with van der Waals surface area (Å²) >= 11 is 0. The van der Waals surface area contributed by atoms with Crippen LogP contribution in [0.4, 0.5) is 0 Å². The standard InChI is InChI=1S/C13H14N2O3/c1-9(6-14)4-13(16)15-7-10-2-3-11-12(5-10)18-8-17-11/h2-3,5,9H,4,7-8H2,1H3,(H,15,16). The lowest BCUT2D eigenvalue weighted by atomic mass is 10.1. The number of hydrogen-bond donors (Lipinski definition) is 1. The highest BCUT2D eigenvalue weighted by Gasteiger charge is 2.13. The predicted molar refractivity (Wildman–Crippen MR) is 63.8 cm³/mol. The zero-order valence-corrected chi connectivity index (χ0v) is 10.1. The Morgan fingerprint density at radius 1 is 1.50 bits per heavy atom. The molecule has 1 atom stereocenters. The van der Waals surface area contributed by atoms with Crippen LogP contribution in [0.2, 0.25) is 0 Å². The summed E-state index contributed by atoms with van der Waals surface area (Å²) in [5, 5.41) is 11.4. The van der Waals surface area contributed by atoms with Gasteiger partial charge in [0.05, 0.1) is 12.0 Å². The monoisotopic (exact) mass is 246 g/mol. The molecule has 0 aromatic heterocycles. The molecule has 94 valence electrons. The van der Waals surface area contributed by atoms with E-state index >= 15 is 0 Å². The summed E-state index contributed by atoms with van der Waals surface area (Å²) in [5.74, 6) is 1.04. The third kappa shape index (κ3) is 2.92. The third-order valence-corrected chi connectivity index (χ3v) is 2.64. The number of nitriles is 1. The quantitative estimate of drug-likeness (QED) is 0.875. The average Bonchev–Trinajstić information content (AvgIpc) is 2.83. The van der Waals surface area contributed by atoms with Gasteiger partial charge in [-0.3, -0.25) is 4.79 Å². The van der Waals surface area contributed by atoms with Crippen molar-refractivity contribution in [2.75, 3.05) is 6.79 Å². The minimum Gasteiger partial charge on any atom is -0.454 e. The van der Waals surface area contributed by atoms with E-state index in [0.717, 1.165) is 11.3 Å². The molecule has 1 heterocycles. The van der Waals surface area contributed by atoms with E-state index in [-0.39, 0.29) is 25.0 Å². The van der Waals surface area contributed by atoms with Crippen LogP contribution >= 0.6 is 0 Å². The summed E-state index contributed by atoms with van der Waals surface area (Å²) in [6, 6.07) is 7.57. The lowest BCUT2D eigenvalue weighted by Crippen LogP contribution is -2.24. The van der Waals surface area contributed by atoms with Crippen molar-refractivity contribution in [1.29, 1.82) is 5.26 Å². The molecule has 18 heavy (non-hydrogen) atoms. The number of nitrogens with zero attached hydrogens (tertiary/aromatic N) is 1. The number of fused-ring (bicyclic) bond motifs is 1. The maximum atomic E-state index is 11.5. The van der Waals surface area contributed by atoms with E-state index < -0.39 is 0 Å². The van der Waals surface area contributed by atoms with Crippen molar-refractivity contribution >= 4 is 5.91 Å². The van der Waals surface area contributed by atoms with Crippen LogP contribution in [0.5, 0.6) is 11.5 Å². The molecule has 0 fully saturated rings. The van der Waals surface area contributed by atoms with Gasteiger partial charge in [0.15, 0.2) is 11.5 Å². The van der Waals surface area contributed by atoms with Crippen LogP contribution in [0, 0.1) is 17.2 Å². The number of hydrogen-bond acceptors (Lipinski definition) is 4. The molecule has 0 spiro atoms. The molecule has 0 bridgehead atoms. The summed E-state index contributed by atoms with van der Waals surface area (Å²) in [7, 11) is 0. The number of nitrogens with one attached hydrogen (secondary N) is 1. The van der Waals surface area contributed by atoms with Gasteiger partial charge in [0.25, 0.3) is 0 Å². The smallest absolute Gasteiger partial charge is 0.231 e. The fourth-order valence-electron chi connectivity index (χ4n) is 1.65. The fraction of sp³-hybridized carbons (Fsp3) is 0.385. The maximum absolute atomic E-state index is 11.5. The first kappa shape index (κ1) is 12.2. The Kier molecular flexibility index (Phi) is 3.68. The lowest BCUT2D eigenvalue weighted by molar-refractivity contribution is -0.121. The van der Waals surface area contributed by atoms with E-state index in [4.69, 9.17) is 14.7 Å². The maximum Gasteiger partial charge on any atom is 0.231 e. The van der Waals surface area contributed by atoms with Crippen LogP contribution in [0.15, 0.2) is 18.2 Å². The van der Waals surface area contributed by atoms with Crippen LogP contribution in [-0.2, 0) is 11.3 Å². The van der Waals surface area contributed by atoms with Gasteiger partial charge in [-0.2, -0.15) is 5.26 Å². The number of ether oxygens (including phenoxy) is 2. The molecular weight excluding hydrogens is 232 g/mol. The van der Waals surface area contributed by atoms with Gasteiger partial charge in [-0.25, -0.2) is 0 Å². The normalized spacial score (nSPS) is 13.8. The molecule has 0 saturated carbocycles. The van der Waals surface area contributed by atoms with E-state index in [2.05, 4.69) is 5.32 Å². The molecule has 2 rings (SSSR count). The zero-order chi connectivity index (χ0) is 13.0. The third-order valence-electron chi connectivity index (χ3n) is 2.64. The van der Waals surface area contributed by atoms with Crippen molar-refractivity contribution in [3.05, 3.63) is 23.8 Å². The van der Waals surface area contributed by atoms with Gasteiger partial charge >= 0.3 is 0 Å². The second-order valence-corrected chi connectivity index (χ2v) is 4.20. The molecule has 1 amide bonds. The second-order valence-electron chi connectivity index (χ2n) is 4.20. The summed E-state index contributed by atoms with van der Waals surface area (Å²) in [6.45, 7) is 2.39. The molecule has 0 saturated heterocycles. The topological polar surface area (TPSA) is 71.4 Å². The summed E-state index contributed by atoms with van der Waals surface area (Å²) in [4.78, 5) is 11.5. The van der Waals surface area contributed by atoms with Crippen LogP contribution < -0.4 is 14.8 Å².